The molecule has 0 spiro atoms. The van der Waals surface area contributed by atoms with E-state index in [-0.39, 0.29) is 0 Å². The summed E-state index contributed by atoms with van der Waals surface area (Å²) >= 11 is 0. The molecule has 1 fully saturated rings. The van der Waals surface area contributed by atoms with Crippen LogP contribution in [0.1, 0.15) is 33.6 Å². The summed E-state index contributed by atoms with van der Waals surface area (Å²) in [5.41, 5.74) is 0. The Labute approximate surface area is 101 Å². The fourth-order valence-corrected chi connectivity index (χ4v) is 2.07. The van der Waals surface area contributed by atoms with Crippen molar-refractivity contribution >= 4 is 0 Å². The van der Waals surface area contributed by atoms with Gasteiger partial charge in [0.15, 0.2) is 0 Å². The van der Waals surface area contributed by atoms with Crippen molar-refractivity contribution in [1.29, 1.82) is 0 Å². The standard InChI is InChI=1S/C13H28N2O/c1-11(2)9-14-10-12(3)16-13-5-7-15(4)8-6-13/h11-14H,5-10H2,1-4H3. The molecular weight excluding hydrogens is 200 g/mol. The Morgan fingerprint density at radius 1 is 1.19 bits per heavy atom. The first-order valence-corrected chi connectivity index (χ1v) is 6.62. The zero-order chi connectivity index (χ0) is 12.0. The summed E-state index contributed by atoms with van der Waals surface area (Å²) in [6.07, 6.45) is 3.19. The highest BCUT2D eigenvalue weighted by Crippen LogP contribution is 2.13. The quantitative estimate of drug-likeness (QED) is 0.749. The molecule has 0 bridgehead atoms. The maximum Gasteiger partial charge on any atom is 0.0675 e. The van der Waals surface area contributed by atoms with E-state index in [0.29, 0.717) is 12.2 Å². The first-order chi connectivity index (χ1) is 7.58. The minimum absolute atomic E-state index is 0.340. The molecule has 0 aromatic carbocycles. The van der Waals surface area contributed by atoms with Crippen LogP contribution in [0.2, 0.25) is 0 Å². The second kappa shape index (κ2) is 7.25. The summed E-state index contributed by atoms with van der Waals surface area (Å²) in [5, 5.41) is 3.45. The average Bonchev–Trinajstić information content (AvgIpc) is 2.21. The van der Waals surface area contributed by atoms with E-state index in [0.717, 1.165) is 19.0 Å². The SMILES string of the molecule is CC(C)CNCC(C)OC1CCN(C)CC1. The Morgan fingerprint density at radius 3 is 2.38 bits per heavy atom. The van der Waals surface area contributed by atoms with E-state index in [2.05, 4.69) is 38.0 Å². The van der Waals surface area contributed by atoms with E-state index in [4.69, 9.17) is 4.74 Å². The molecule has 1 rings (SSSR count). The van der Waals surface area contributed by atoms with Crippen LogP contribution in [0, 0.1) is 5.92 Å². The maximum absolute atomic E-state index is 6.03. The van der Waals surface area contributed by atoms with E-state index in [1.807, 2.05) is 0 Å². The smallest absolute Gasteiger partial charge is 0.0675 e. The predicted molar refractivity (Wildman–Crippen MR) is 68.8 cm³/mol. The van der Waals surface area contributed by atoms with Crippen molar-refractivity contribution in [3.05, 3.63) is 0 Å². The van der Waals surface area contributed by atoms with Crippen molar-refractivity contribution in [2.24, 2.45) is 5.92 Å². The monoisotopic (exact) mass is 228 g/mol. The molecule has 1 N–H and O–H groups in total. The van der Waals surface area contributed by atoms with E-state index < -0.39 is 0 Å². The van der Waals surface area contributed by atoms with Gasteiger partial charge in [0.05, 0.1) is 12.2 Å². The normalized spacial score (nSPS) is 21.6. The number of rotatable bonds is 6. The number of piperidine rings is 1. The molecule has 96 valence electrons. The highest BCUT2D eigenvalue weighted by molar-refractivity contribution is 4.71. The van der Waals surface area contributed by atoms with Crippen LogP contribution in [-0.4, -0.2) is 50.3 Å². The number of nitrogens with one attached hydrogen (secondary N) is 1. The lowest BCUT2D eigenvalue weighted by atomic mass is 10.1. The zero-order valence-corrected chi connectivity index (χ0v) is 11.3. The molecule has 0 aromatic heterocycles. The first-order valence-electron chi connectivity index (χ1n) is 6.62. The van der Waals surface area contributed by atoms with Gasteiger partial charge in [-0.25, -0.2) is 0 Å². The molecular formula is C13H28N2O. The van der Waals surface area contributed by atoms with Crippen LogP contribution in [-0.2, 0) is 4.74 Å². The fraction of sp³-hybridized carbons (Fsp3) is 1.00. The molecule has 1 heterocycles. The average molecular weight is 228 g/mol. The Morgan fingerprint density at radius 2 is 1.81 bits per heavy atom. The molecule has 0 radical (unpaired) electrons. The van der Waals surface area contributed by atoms with Crippen LogP contribution in [0.4, 0.5) is 0 Å². The van der Waals surface area contributed by atoms with Gasteiger partial charge in [-0.05, 0) is 39.3 Å². The predicted octanol–water partition coefficient (Wildman–Crippen LogP) is 1.73. The summed E-state index contributed by atoms with van der Waals surface area (Å²) < 4.78 is 6.03. The Bertz CT molecular complexity index is 177. The van der Waals surface area contributed by atoms with Crippen LogP contribution in [0.3, 0.4) is 0 Å². The Balaban J connectivity index is 2.07. The van der Waals surface area contributed by atoms with Crippen molar-refractivity contribution in [3.63, 3.8) is 0 Å². The van der Waals surface area contributed by atoms with Crippen LogP contribution in [0.25, 0.3) is 0 Å². The van der Waals surface area contributed by atoms with Crippen LogP contribution >= 0.6 is 0 Å². The fourth-order valence-electron chi connectivity index (χ4n) is 2.07. The Kier molecular flexibility index (Phi) is 6.32. The zero-order valence-electron chi connectivity index (χ0n) is 11.3. The molecule has 0 aliphatic carbocycles. The molecule has 1 aliphatic rings. The third-order valence-corrected chi connectivity index (χ3v) is 3.07. The lowest BCUT2D eigenvalue weighted by Gasteiger charge is -2.31. The lowest BCUT2D eigenvalue weighted by Crippen LogP contribution is -2.38. The van der Waals surface area contributed by atoms with Gasteiger partial charge in [0.1, 0.15) is 0 Å². The molecule has 0 aromatic rings. The van der Waals surface area contributed by atoms with E-state index in [9.17, 15) is 0 Å². The molecule has 1 aliphatic heterocycles. The first kappa shape index (κ1) is 13.9. The van der Waals surface area contributed by atoms with Gasteiger partial charge in [-0.1, -0.05) is 13.8 Å². The largest absolute Gasteiger partial charge is 0.374 e. The van der Waals surface area contributed by atoms with Gasteiger partial charge in [-0.15, -0.1) is 0 Å². The van der Waals surface area contributed by atoms with Crippen molar-refractivity contribution in [2.45, 2.75) is 45.8 Å². The van der Waals surface area contributed by atoms with Gasteiger partial charge in [-0.3, -0.25) is 0 Å². The van der Waals surface area contributed by atoms with Gasteiger partial charge >= 0.3 is 0 Å². The minimum Gasteiger partial charge on any atom is -0.374 e. The van der Waals surface area contributed by atoms with Crippen molar-refractivity contribution in [3.8, 4) is 0 Å². The molecule has 1 atom stereocenters. The number of ether oxygens (including phenoxy) is 1. The van der Waals surface area contributed by atoms with Crippen molar-refractivity contribution in [1.82, 2.24) is 10.2 Å². The number of hydrogen-bond acceptors (Lipinski definition) is 3. The topological polar surface area (TPSA) is 24.5 Å². The molecule has 3 heteroatoms. The second-order valence-corrected chi connectivity index (χ2v) is 5.50. The lowest BCUT2D eigenvalue weighted by molar-refractivity contribution is -0.0305. The van der Waals surface area contributed by atoms with Crippen molar-refractivity contribution in [2.75, 3.05) is 33.2 Å². The number of nitrogens with zero attached hydrogens (tertiary/aromatic N) is 1. The van der Waals surface area contributed by atoms with Gasteiger partial charge in [0.2, 0.25) is 0 Å². The maximum atomic E-state index is 6.03. The Hall–Kier alpha value is -0.120. The number of likely N-dealkylation sites (tertiary alicyclic amines) is 1. The van der Waals surface area contributed by atoms with E-state index >= 15 is 0 Å². The molecule has 0 saturated carbocycles. The van der Waals surface area contributed by atoms with Crippen LogP contribution < -0.4 is 5.32 Å². The summed E-state index contributed by atoms with van der Waals surface area (Å²) in [6, 6.07) is 0. The summed E-state index contributed by atoms with van der Waals surface area (Å²) in [4.78, 5) is 2.38. The highest BCUT2D eigenvalue weighted by atomic mass is 16.5. The molecule has 3 nitrogen and oxygen atoms in total. The van der Waals surface area contributed by atoms with E-state index in [1.54, 1.807) is 0 Å². The molecule has 16 heavy (non-hydrogen) atoms. The molecule has 0 amide bonds. The third-order valence-electron chi connectivity index (χ3n) is 3.07. The van der Waals surface area contributed by atoms with Crippen LogP contribution in [0.5, 0.6) is 0 Å². The minimum atomic E-state index is 0.340. The van der Waals surface area contributed by atoms with E-state index in [1.165, 1.54) is 25.9 Å². The third kappa shape index (κ3) is 5.83. The number of hydrogen-bond donors (Lipinski definition) is 1. The summed E-state index contributed by atoms with van der Waals surface area (Å²) in [5.74, 6) is 0.718. The molecule has 1 saturated heterocycles. The van der Waals surface area contributed by atoms with Gasteiger partial charge in [0, 0.05) is 19.6 Å². The molecule has 1 unspecified atom stereocenters. The summed E-state index contributed by atoms with van der Waals surface area (Å²) in [6.45, 7) is 11.1. The summed E-state index contributed by atoms with van der Waals surface area (Å²) in [7, 11) is 2.18. The van der Waals surface area contributed by atoms with Gasteiger partial charge < -0.3 is 15.0 Å². The second-order valence-electron chi connectivity index (χ2n) is 5.50. The van der Waals surface area contributed by atoms with Gasteiger partial charge in [-0.2, -0.15) is 0 Å². The van der Waals surface area contributed by atoms with Crippen molar-refractivity contribution < 1.29 is 4.74 Å². The highest BCUT2D eigenvalue weighted by Gasteiger charge is 2.18. The van der Waals surface area contributed by atoms with Gasteiger partial charge in [0.25, 0.3) is 0 Å². The van der Waals surface area contributed by atoms with Crippen LogP contribution in [0.15, 0.2) is 0 Å².